The van der Waals surface area contributed by atoms with Gasteiger partial charge in [0.2, 0.25) is 10.0 Å². The molecule has 5 nitrogen and oxygen atoms in total. The first kappa shape index (κ1) is 21.7. The minimum atomic E-state index is -4.30. The number of anilines is 1. The second-order valence-corrected chi connectivity index (χ2v) is 9.73. The van der Waals surface area contributed by atoms with Crippen LogP contribution in [0.1, 0.15) is 11.3 Å². The molecule has 1 aliphatic heterocycles. The van der Waals surface area contributed by atoms with Gasteiger partial charge in [-0.2, -0.15) is 4.31 Å². The van der Waals surface area contributed by atoms with Gasteiger partial charge in [0.1, 0.15) is 23.3 Å². The summed E-state index contributed by atoms with van der Waals surface area (Å²) >= 11 is 1.33. The van der Waals surface area contributed by atoms with Gasteiger partial charge in [-0.05, 0) is 29.8 Å². The van der Waals surface area contributed by atoms with Crippen LogP contribution in [0.4, 0.5) is 22.7 Å². The van der Waals surface area contributed by atoms with E-state index in [-0.39, 0.29) is 32.6 Å². The Balaban J connectivity index is 1.44. The van der Waals surface area contributed by atoms with E-state index in [9.17, 15) is 26.0 Å². The number of thiazole rings is 1. The number of sulfonamides is 1. The highest BCUT2D eigenvalue weighted by molar-refractivity contribution is 7.89. The molecule has 0 radical (unpaired) electrons. The van der Waals surface area contributed by atoms with Gasteiger partial charge in [0.25, 0.3) is 0 Å². The lowest BCUT2D eigenvalue weighted by atomic mass is 10.1. The molecule has 0 N–H and O–H groups in total. The highest BCUT2D eigenvalue weighted by atomic mass is 32.2. The Morgan fingerprint density at radius 2 is 1.55 bits per heavy atom. The van der Waals surface area contributed by atoms with Crippen LogP contribution in [0, 0.1) is 23.3 Å². The van der Waals surface area contributed by atoms with Crippen molar-refractivity contribution in [3.63, 3.8) is 0 Å². The molecule has 1 aliphatic rings. The molecule has 2 aromatic carbocycles. The van der Waals surface area contributed by atoms with E-state index in [2.05, 4.69) is 4.98 Å². The standard InChI is InChI=1S/C20H17F4N3O2S2/c21-14-8-13(9-15(22)11-14)10-16-12-30-20(25-16)26-4-6-27(7-5-26)31(28,29)19-17(23)2-1-3-18(19)24/h1-3,8-9,11-12H,4-7,10H2. The predicted molar refractivity (Wildman–Crippen MR) is 109 cm³/mol. The summed E-state index contributed by atoms with van der Waals surface area (Å²) in [7, 11) is -4.30. The molecule has 0 bridgehead atoms. The fraction of sp³-hybridized carbons (Fsp3) is 0.250. The first-order valence-electron chi connectivity index (χ1n) is 9.32. The van der Waals surface area contributed by atoms with Crippen LogP contribution in [-0.2, 0) is 16.4 Å². The maximum absolute atomic E-state index is 14.0. The number of benzene rings is 2. The third-order valence-corrected chi connectivity index (χ3v) is 7.77. The third kappa shape index (κ3) is 4.58. The summed E-state index contributed by atoms with van der Waals surface area (Å²) < 4.78 is 81.1. The number of piperazine rings is 1. The Labute approximate surface area is 180 Å². The van der Waals surface area contributed by atoms with Crippen LogP contribution in [0.2, 0.25) is 0 Å². The normalized spacial score (nSPS) is 15.4. The number of hydrogen-bond donors (Lipinski definition) is 0. The molecule has 0 aliphatic carbocycles. The molecule has 31 heavy (non-hydrogen) atoms. The van der Waals surface area contributed by atoms with Crippen molar-refractivity contribution in [1.82, 2.24) is 9.29 Å². The van der Waals surface area contributed by atoms with E-state index < -0.39 is 38.2 Å². The molecule has 4 rings (SSSR count). The fourth-order valence-corrected chi connectivity index (χ4v) is 5.83. The lowest BCUT2D eigenvalue weighted by Crippen LogP contribution is -2.49. The molecule has 0 unspecified atom stereocenters. The number of hydrogen-bond acceptors (Lipinski definition) is 5. The zero-order chi connectivity index (χ0) is 22.2. The van der Waals surface area contributed by atoms with E-state index in [0.717, 1.165) is 28.6 Å². The second-order valence-electron chi connectivity index (χ2n) is 7.02. The first-order chi connectivity index (χ1) is 14.7. The Morgan fingerprint density at radius 3 is 2.16 bits per heavy atom. The predicted octanol–water partition coefficient (Wildman–Crippen LogP) is 3.80. The average molecular weight is 472 g/mol. The number of rotatable bonds is 5. The van der Waals surface area contributed by atoms with Gasteiger partial charge < -0.3 is 4.90 Å². The van der Waals surface area contributed by atoms with Gasteiger partial charge in [-0.3, -0.25) is 0 Å². The first-order valence-corrected chi connectivity index (χ1v) is 11.6. The molecule has 11 heteroatoms. The van der Waals surface area contributed by atoms with Crippen LogP contribution in [-0.4, -0.2) is 43.9 Å². The van der Waals surface area contributed by atoms with E-state index in [1.54, 1.807) is 5.38 Å². The van der Waals surface area contributed by atoms with E-state index in [1.807, 2.05) is 4.90 Å². The van der Waals surface area contributed by atoms with Gasteiger partial charge in [0.05, 0.1) is 5.69 Å². The van der Waals surface area contributed by atoms with Crippen molar-refractivity contribution in [1.29, 1.82) is 0 Å². The van der Waals surface area contributed by atoms with Crippen molar-refractivity contribution in [2.24, 2.45) is 0 Å². The minimum absolute atomic E-state index is 0.0418. The van der Waals surface area contributed by atoms with E-state index >= 15 is 0 Å². The summed E-state index contributed by atoms with van der Waals surface area (Å²) in [6, 6.07) is 6.22. The zero-order valence-electron chi connectivity index (χ0n) is 16.1. The zero-order valence-corrected chi connectivity index (χ0v) is 17.7. The molecule has 1 fully saturated rings. The molecule has 2 heterocycles. The van der Waals surface area contributed by atoms with Crippen molar-refractivity contribution >= 4 is 26.5 Å². The summed E-state index contributed by atoms with van der Waals surface area (Å²) in [6.07, 6.45) is 0.256. The maximum atomic E-state index is 14.0. The summed E-state index contributed by atoms with van der Waals surface area (Å²) in [5.74, 6) is -3.57. The van der Waals surface area contributed by atoms with Gasteiger partial charge in [-0.25, -0.2) is 31.0 Å². The van der Waals surface area contributed by atoms with Crippen molar-refractivity contribution in [2.75, 3.05) is 31.1 Å². The SMILES string of the molecule is O=S(=O)(c1c(F)cccc1F)N1CCN(c2nc(Cc3cc(F)cc(F)c3)cs2)CC1. The monoisotopic (exact) mass is 471 g/mol. The Hall–Kier alpha value is -2.50. The summed E-state index contributed by atoms with van der Waals surface area (Å²) in [5, 5.41) is 2.41. The summed E-state index contributed by atoms with van der Waals surface area (Å²) in [6.45, 7) is 0.661. The molecule has 3 aromatic rings. The molecular formula is C20H17F4N3O2S2. The molecule has 1 saturated heterocycles. The summed E-state index contributed by atoms with van der Waals surface area (Å²) in [5.41, 5.74) is 1.09. The minimum Gasteiger partial charge on any atom is -0.345 e. The van der Waals surface area contributed by atoms with Crippen molar-refractivity contribution in [2.45, 2.75) is 11.3 Å². The molecule has 0 saturated carbocycles. The van der Waals surface area contributed by atoms with Crippen LogP contribution in [0.3, 0.4) is 0 Å². The van der Waals surface area contributed by atoms with Crippen molar-refractivity contribution in [3.8, 4) is 0 Å². The molecule has 164 valence electrons. The van der Waals surface area contributed by atoms with Crippen molar-refractivity contribution in [3.05, 3.63) is 76.3 Å². The largest absolute Gasteiger partial charge is 0.345 e. The lowest BCUT2D eigenvalue weighted by molar-refractivity contribution is 0.378. The van der Waals surface area contributed by atoms with Gasteiger partial charge in [-0.15, -0.1) is 11.3 Å². The van der Waals surface area contributed by atoms with Crippen LogP contribution in [0.25, 0.3) is 0 Å². The fourth-order valence-electron chi connectivity index (χ4n) is 3.42. The van der Waals surface area contributed by atoms with Gasteiger partial charge >= 0.3 is 0 Å². The molecular weight excluding hydrogens is 454 g/mol. The molecule has 0 spiro atoms. The Kier molecular flexibility index (Phi) is 6.00. The Morgan fingerprint density at radius 1 is 0.935 bits per heavy atom. The lowest BCUT2D eigenvalue weighted by Gasteiger charge is -2.33. The summed E-state index contributed by atoms with van der Waals surface area (Å²) in [4.78, 5) is 5.40. The maximum Gasteiger partial charge on any atom is 0.249 e. The highest BCUT2D eigenvalue weighted by Gasteiger charge is 2.33. The van der Waals surface area contributed by atoms with E-state index in [1.165, 1.54) is 23.5 Å². The van der Waals surface area contributed by atoms with E-state index in [0.29, 0.717) is 16.4 Å². The van der Waals surface area contributed by atoms with Gasteiger partial charge in [0.15, 0.2) is 10.0 Å². The third-order valence-electron chi connectivity index (χ3n) is 4.87. The van der Waals surface area contributed by atoms with Gasteiger partial charge in [-0.1, -0.05) is 6.07 Å². The number of nitrogens with zero attached hydrogens (tertiary/aromatic N) is 3. The average Bonchev–Trinajstić information content (AvgIpc) is 3.15. The quantitative estimate of drug-likeness (QED) is 0.532. The van der Waals surface area contributed by atoms with Gasteiger partial charge in [0, 0.05) is 44.0 Å². The second kappa shape index (κ2) is 8.56. The Bertz CT molecular complexity index is 1170. The van der Waals surface area contributed by atoms with E-state index in [4.69, 9.17) is 0 Å². The number of aromatic nitrogens is 1. The molecule has 1 aromatic heterocycles. The van der Waals surface area contributed by atoms with Crippen LogP contribution in [0.5, 0.6) is 0 Å². The van der Waals surface area contributed by atoms with Crippen LogP contribution < -0.4 is 4.90 Å². The highest BCUT2D eigenvalue weighted by Crippen LogP contribution is 2.27. The number of halogens is 4. The molecule has 0 amide bonds. The van der Waals surface area contributed by atoms with Crippen LogP contribution in [0.15, 0.2) is 46.7 Å². The van der Waals surface area contributed by atoms with Crippen molar-refractivity contribution < 1.29 is 26.0 Å². The van der Waals surface area contributed by atoms with Crippen LogP contribution >= 0.6 is 11.3 Å². The smallest absolute Gasteiger partial charge is 0.249 e. The topological polar surface area (TPSA) is 53.5 Å². The molecule has 0 atom stereocenters.